The van der Waals surface area contributed by atoms with E-state index in [1.54, 1.807) is 0 Å². The first-order valence-electron chi connectivity index (χ1n) is 3.61. The average Bonchev–Trinajstić information content (AvgIpc) is 1.84. The van der Waals surface area contributed by atoms with E-state index in [4.69, 9.17) is 0 Å². The molecule has 0 aromatic rings. The lowest BCUT2D eigenvalue weighted by Gasteiger charge is -2.10. The number of rotatable bonds is 3. The number of carboxylic acids is 1. The Morgan fingerprint density at radius 3 is 2.25 bits per heavy atom. The van der Waals surface area contributed by atoms with Gasteiger partial charge in [-0.15, -0.1) is 0 Å². The number of aliphatic imine (C=N–C) groups is 1. The number of hydrogen-bond donors (Lipinski definition) is 0. The molecule has 0 aliphatic rings. The fourth-order valence-corrected chi connectivity index (χ4v) is 0.486. The van der Waals surface area contributed by atoms with E-state index < -0.39 is 11.8 Å². The maximum atomic E-state index is 10.5. The third kappa shape index (κ3) is 5.58. The molecule has 0 N–H and O–H groups in total. The standard InChI is InChI=1S/C8H13NO3/c1-8(2,3)9-5-4-6(10)7(11)12/h5H,4H2,1-3H3,(H,11,12)/p-1. The first kappa shape index (κ1) is 10.8. The Kier molecular flexibility index (Phi) is 3.60. The quantitative estimate of drug-likeness (QED) is 0.426. The second kappa shape index (κ2) is 3.99. The van der Waals surface area contributed by atoms with Crippen LogP contribution in [-0.2, 0) is 9.59 Å². The van der Waals surface area contributed by atoms with Crippen LogP contribution >= 0.6 is 0 Å². The molecule has 0 saturated heterocycles. The van der Waals surface area contributed by atoms with Gasteiger partial charge in [-0.3, -0.25) is 9.79 Å². The van der Waals surface area contributed by atoms with Gasteiger partial charge in [0.1, 0.15) is 5.97 Å². The third-order valence-corrected chi connectivity index (χ3v) is 0.983. The Bertz CT molecular complexity index is 213. The van der Waals surface area contributed by atoms with E-state index in [0.29, 0.717) is 0 Å². The largest absolute Gasteiger partial charge is 0.542 e. The smallest absolute Gasteiger partial charge is 0.183 e. The monoisotopic (exact) mass is 170 g/mol. The van der Waals surface area contributed by atoms with E-state index in [1.807, 2.05) is 20.8 Å². The first-order chi connectivity index (χ1) is 5.33. The number of carbonyl (C=O) groups excluding carboxylic acids is 2. The topological polar surface area (TPSA) is 69.6 Å². The molecule has 0 atom stereocenters. The van der Waals surface area contributed by atoms with E-state index in [9.17, 15) is 14.7 Å². The molecule has 12 heavy (non-hydrogen) atoms. The second-order valence-corrected chi connectivity index (χ2v) is 3.40. The van der Waals surface area contributed by atoms with Gasteiger partial charge in [-0.2, -0.15) is 0 Å². The molecule has 68 valence electrons. The molecule has 0 aromatic carbocycles. The highest BCUT2D eigenvalue weighted by molar-refractivity contribution is 6.34. The van der Waals surface area contributed by atoms with Crippen LogP contribution in [-0.4, -0.2) is 23.5 Å². The highest BCUT2D eigenvalue weighted by Gasteiger charge is 2.05. The maximum absolute atomic E-state index is 10.5. The Morgan fingerprint density at radius 2 is 1.92 bits per heavy atom. The van der Waals surface area contributed by atoms with Crippen molar-refractivity contribution in [2.75, 3.05) is 0 Å². The second-order valence-electron chi connectivity index (χ2n) is 3.40. The summed E-state index contributed by atoms with van der Waals surface area (Å²) in [5.74, 6) is -2.60. The van der Waals surface area contributed by atoms with E-state index in [2.05, 4.69) is 4.99 Å². The molecular weight excluding hydrogens is 158 g/mol. The molecule has 0 radical (unpaired) electrons. The summed E-state index contributed by atoms with van der Waals surface area (Å²) in [5, 5.41) is 9.93. The third-order valence-electron chi connectivity index (χ3n) is 0.983. The van der Waals surface area contributed by atoms with Crippen molar-refractivity contribution in [3.63, 3.8) is 0 Å². The number of aliphatic carboxylic acids is 1. The number of carboxylic acid groups (broad SMARTS) is 1. The number of carbonyl (C=O) groups is 2. The van der Waals surface area contributed by atoms with Gasteiger partial charge in [0, 0.05) is 12.6 Å². The van der Waals surface area contributed by atoms with Crippen molar-refractivity contribution in [1.82, 2.24) is 0 Å². The van der Waals surface area contributed by atoms with E-state index >= 15 is 0 Å². The van der Waals surface area contributed by atoms with E-state index in [0.717, 1.165) is 0 Å². The molecule has 0 aliphatic heterocycles. The molecule has 0 heterocycles. The predicted molar refractivity (Wildman–Crippen MR) is 42.9 cm³/mol. The molecule has 0 aromatic heterocycles. The van der Waals surface area contributed by atoms with Gasteiger partial charge in [0.15, 0.2) is 5.78 Å². The highest BCUT2D eigenvalue weighted by atomic mass is 16.4. The van der Waals surface area contributed by atoms with Gasteiger partial charge in [0.05, 0.1) is 5.54 Å². The number of ketones is 1. The van der Waals surface area contributed by atoms with Crippen LogP contribution < -0.4 is 5.11 Å². The van der Waals surface area contributed by atoms with Crippen LogP contribution in [0.5, 0.6) is 0 Å². The van der Waals surface area contributed by atoms with Crippen molar-refractivity contribution in [2.24, 2.45) is 4.99 Å². The summed E-state index contributed by atoms with van der Waals surface area (Å²) in [6, 6.07) is 0. The molecule has 4 heteroatoms. The zero-order valence-corrected chi connectivity index (χ0v) is 7.46. The molecule has 0 aliphatic carbocycles. The minimum Gasteiger partial charge on any atom is -0.542 e. The lowest BCUT2D eigenvalue weighted by Crippen LogP contribution is -2.31. The molecule has 4 nitrogen and oxygen atoms in total. The first-order valence-corrected chi connectivity index (χ1v) is 3.61. The van der Waals surface area contributed by atoms with Crippen molar-refractivity contribution in [3.05, 3.63) is 0 Å². The Morgan fingerprint density at radius 1 is 1.42 bits per heavy atom. The zero-order valence-electron chi connectivity index (χ0n) is 7.46. The Labute approximate surface area is 71.3 Å². The lowest BCUT2D eigenvalue weighted by atomic mass is 10.1. The average molecular weight is 170 g/mol. The minimum atomic E-state index is -1.66. The van der Waals surface area contributed by atoms with E-state index in [1.165, 1.54) is 6.21 Å². The molecule has 0 amide bonds. The SMILES string of the molecule is CC(C)(C)N=CCC(=O)C(=O)[O-]. The zero-order chi connectivity index (χ0) is 9.78. The van der Waals surface area contributed by atoms with Gasteiger partial charge in [-0.1, -0.05) is 0 Å². The fourth-order valence-electron chi connectivity index (χ4n) is 0.486. The van der Waals surface area contributed by atoms with Crippen LogP contribution in [0, 0.1) is 0 Å². The predicted octanol–water partition coefficient (Wildman–Crippen LogP) is -0.435. The van der Waals surface area contributed by atoms with Crippen LogP contribution in [0.2, 0.25) is 0 Å². The van der Waals surface area contributed by atoms with Crippen molar-refractivity contribution in [3.8, 4) is 0 Å². The van der Waals surface area contributed by atoms with Gasteiger partial charge in [-0.05, 0) is 20.8 Å². The lowest BCUT2D eigenvalue weighted by molar-refractivity contribution is -0.299. The van der Waals surface area contributed by atoms with Gasteiger partial charge >= 0.3 is 0 Å². The summed E-state index contributed by atoms with van der Waals surface area (Å²) in [7, 11) is 0. The van der Waals surface area contributed by atoms with E-state index in [-0.39, 0.29) is 12.0 Å². The fraction of sp³-hybridized carbons (Fsp3) is 0.625. The summed E-state index contributed by atoms with van der Waals surface area (Å²) >= 11 is 0. The van der Waals surface area contributed by atoms with Crippen LogP contribution in [0.3, 0.4) is 0 Å². The minimum absolute atomic E-state index is 0.195. The maximum Gasteiger partial charge on any atom is 0.183 e. The van der Waals surface area contributed by atoms with Crippen molar-refractivity contribution < 1.29 is 14.7 Å². The van der Waals surface area contributed by atoms with Crippen LogP contribution in [0.25, 0.3) is 0 Å². The summed E-state index contributed by atoms with van der Waals surface area (Å²) in [5.41, 5.74) is -0.272. The number of nitrogens with zero attached hydrogens (tertiary/aromatic N) is 1. The molecule has 0 rings (SSSR count). The van der Waals surface area contributed by atoms with Crippen molar-refractivity contribution in [1.29, 1.82) is 0 Å². The molecule has 0 saturated carbocycles. The summed E-state index contributed by atoms with van der Waals surface area (Å²) in [6.45, 7) is 5.56. The Balaban J connectivity index is 3.92. The summed E-state index contributed by atoms with van der Waals surface area (Å²) in [4.78, 5) is 24.3. The van der Waals surface area contributed by atoms with Crippen molar-refractivity contribution in [2.45, 2.75) is 32.7 Å². The van der Waals surface area contributed by atoms with Gasteiger partial charge < -0.3 is 9.90 Å². The van der Waals surface area contributed by atoms with Crippen LogP contribution in [0.15, 0.2) is 4.99 Å². The molecule has 0 fully saturated rings. The summed E-state index contributed by atoms with van der Waals surface area (Å²) < 4.78 is 0. The molecule has 0 bridgehead atoms. The van der Waals surface area contributed by atoms with Crippen LogP contribution in [0.1, 0.15) is 27.2 Å². The van der Waals surface area contributed by atoms with Gasteiger partial charge in [0.25, 0.3) is 0 Å². The van der Waals surface area contributed by atoms with Gasteiger partial charge in [0.2, 0.25) is 0 Å². The highest BCUT2D eigenvalue weighted by Crippen LogP contribution is 2.04. The van der Waals surface area contributed by atoms with Gasteiger partial charge in [-0.25, -0.2) is 0 Å². The molecule has 0 unspecified atom stereocenters. The number of Topliss-reactive ketones (excluding diaryl/α,β-unsaturated/α-hetero) is 1. The molecule has 0 spiro atoms. The Hall–Kier alpha value is -1.19. The summed E-state index contributed by atoms with van der Waals surface area (Å²) in [6.07, 6.45) is 1.11. The van der Waals surface area contributed by atoms with Crippen molar-refractivity contribution >= 4 is 18.0 Å². The number of hydrogen-bond acceptors (Lipinski definition) is 4. The van der Waals surface area contributed by atoms with Crippen LogP contribution in [0.4, 0.5) is 0 Å². The molecular formula is C8H12NO3-. The normalized spacial score (nSPS) is 11.9.